The Kier molecular flexibility index (Phi) is 11.1. The number of aromatic hydroxyl groups is 1. The van der Waals surface area contributed by atoms with Crippen molar-refractivity contribution in [1.29, 1.82) is 0 Å². The Morgan fingerprint density at radius 1 is 0.933 bits per heavy atom. The molecule has 0 bridgehead atoms. The van der Waals surface area contributed by atoms with E-state index in [-0.39, 0.29) is 35.9 Å². The number of aryl methyl sites for hydroxylation is 1. The molecular weight excluding hydrogens is 580 g/mol. The molecule has 0 unspecified atom stereocenters. The van der Waals surface area contributed by atoms with Crippen LogP contribution in [0.5, 0.6) is 11.5 Å². The highest BCUT2D eigenvalue weighted by atomic mass is 16.5. The summed E-state index contributed by atoms with van der Waals surface area (Å²) in [7, 11) is 0. The van der Waals surface area contributed by atoms with Gasteiger partial charge in [-0.1, -0.05) is 32.9 Å². The minimum absolute atomic E-state index is 0.0940. The molecule has 2 aromatic carbocycles. The predicted octanol–water partition coefficient (Wildman–Crippen LogP) is 2.65. The number of benzene rings is 2. The van der Waals surface area contributed by atoms with Crippen molar-refractivity contribution in [3.05, 3.63) is 74.9 Å². The number of phenols is 1. The second kappa shape index (κ2) is 15.2. The lowest BCUT2D eigenvalue weighted by Gasteiger charge is -2.21. The van der Waals surface area contributed by atoms with Gasteiger partial charge in [-0.05, 0) is 61.3 Å². The third-order valence-electron chi connectivity index (χ3n) is 7.32. The molecule has 4 rings (SSSR count). The maximum absolute atomic E-state index is 13.5. The van der Waals surface area contributed by atoms with Gasteiger partial charge in [0.15, 0.2) is 17.8 Å². The maximum atomic E-state index is 13.5. The number of hydrogen-bond acceptors (Lipinski definition) is 8. The molecule has 0 atom stereocenters. The number of aliphatic carboxylic acids is 1. The van der Waals surface area contributed by atoms with E-state index < -0.39 is 23.8 Å². The molecule has 45 heavy (non-hydrogen) atoms. The van der Waals surface area contributed by atoms with E-state index >= 15 is 0 Å². The van der Waals surface area contributed by atoms with Gasteiger partial charge in [-0.25, -0.2) is 14.6 Å². The van der Waals surface area contributed by atoms with E-state index in [1.165, 1.54) is 9.13 Å². The molecule has 3 N–H and O–H groups in total. The van der Waals surface area contributed by atoms with Crippen molar-refractivity contribution in [2.24, 2.45) is 0 Å². The van der Waals surface area contributed by atoms with Crippen molar-refractivity contribution in [2.75, 3.05) is 26.2 Å². The van der Waals surface area contributed by atoms with Crippen LogP contribution in [0.25, 0.3) is 22.6 Å². The highest BCUT2D eigenvalue weighted by Crippen LogP contribution is 2.25. The molecule has 4 aromatic rings. The number of amides is 1. The first kappa shape index (κ1) is 33.0. The maximum Gasteiger partial charge on any atom is 0.341 e. The molecule has 1 amide bonds. The van der Waals surface area contributed by atoms with Crippen LogP contribution < -0.4 is 21.3 Å². The van der Waals surface area contributed by atoms with Gasteiger partial charge in [0.05, 0.1) is 0 Å². The van der Waals surface area contributed by atoms with Gasteiger partial charge in [0, 0.05) is 38.3 Å². The first-order chi connectivity index (χ1) is 21.7. The van der Waals surface area contributed by atoms with Crippen molar-refractivity contribution >= 4 is 23.0 Å². The van der Waals surface area contributed by atoms with Crippen LogP contribution in [0, 0.1) is 0 Å². The number of carboxylic acids is 1. The normalized spacial score (nSPS) is 11.3. The molecule has 240 valence electrons. The zero-order valence-corrected chi connectivity index (χ0v) is 25.9. The van der Waals surface area contributed by atoms with Gasteiger partial charge in [0.2, 0.25) is 5.91 Å². The van der Waals surface area contributed by atoms with Gasteiger partial charge >= 0.3 is 11.7 Å². The number of ether oxygens (including phenoxy) is 1. The molecule has 0 spiro atoms. The standard InChI is InChI=1S/C32H40N6O7/c1-4-16-36-30-28(31(43)37(17-5-2)32(36)44)34-29(23-9-13-25(14-10-23)45-21-27(41)42)38(30)20-26(40)33-15-18-35(6-3)19-22-7-11-24(39)12-8-22/h7-14,39H,4-6,15-21H2,1-3H3,(H,33,40)(H,41,42). The summed E-state index contributed by atoms with van der Waals surface area (Å²) in [6.07, 6.45) is 1.21. The summed E-state index contributed by atoms with van der Waals surface area (Å²) >= 11 is 0. The number of carboxylic acid groups (broad SMARTS) is 1. The summed E-state index contributed by atoms with van der Waals surface area (Å²) in [6, 6.07) is 13.5. The Morgan fingerprint density at radius 2 is 1.60 bits per heavy atom. The number of phenolic OH excluding ortho intramolecular Hbond substituents is 1. The number of imidazole rings is 1. The third-order valence-corrected chi connectivity index (χ3v) is 7.32. The Morgan fingerprint density at radius 3 is 2.22 bits per heavy atom. The Labute approximate surface area is 260 Å². The second-order valence-electron chi connectivity index (χ2n) is 10.7. The van der Waals surface area contributed by atoms with Crippen LogP contribution in [-0.4, -0.2) is 71.9 Å². The minimum Gasteiger partial charge on any atom is -0.508 e. The number of nitrogens with one attached hydrogen (secondary N) is 1. The number of fused-ring (bicyclic) bond motifs is 1. The third kappa shape index (κ3) is 7.98. The molecule has 2 heterocycles. The van der Waals surface area contributed by atoms with Crippen LogP contribution >= 0.6 is 0 Å². The fourth-order valence-corrected chi connectivity index (χ4v) is 5.14. The monoisotopic (exact) mass is 620 g/mol. The van der Waals surface area contributed by atoms with Crippen LogP contribution in [0.4, 0.5) is 0 Å². The second-order valence-corrected chi connectivity index (χ2v) is 10.7. The van der Waals surface area contributed by atoms with Gasteiger partial charge in [0.25, 0.3) is 5.56 Å². The number of nitrogens with zero attached hydrogens (tertiary/aromatic N) is 5. The summed E-state index contributed by atoms with van der Waals surface area (Å²) in [5.41, 5.74) is 1.00. The summed E-state index contributed by atoms with van der Waals surface area (Å²) < 4.78 is 9.55. The van der Waals surface area contributed by atoms with E-state index in [0.29, 0.717) is 56.2 Å². The molecule has 0 fully saturated rings. The van der Waals surface area contributed by atoms with Crippen LogP contribution in [0.3, 0.4) is 0 Å². The van der Waals surface area contributed by atoms with Crippen LogP contribution in [0.2, 0.25) is 0 Å². The zero-order chi connectivity index (χ0) is 32.5. The fraction of sp³-hybridized carbons (Fsp3) is 0.406. The fourth-order valence-electron chi connectivity index (χ4n) is 5.14. The Balaban J connectivity index is 1.66. The van der Waals surface area contributed by atoms with Gasteiger partial charge < -0.3 is 24.8 Å². The quantitative estimate of drug-likeness (QED) is 0.171. The van der Waals surface area contributed by atoms with Gasteiger partial charge in [-0.15, -0.1) is 0 Å². The van der Waals surface area contributed by atoms with E-state index in [4.69, 9.17) is 9.84 Å². The van der Waals surface area contributed by atoms with Crippen molar-refractivity contribution in [3.63, 3.8) is 0 Å². The SMILES string of the molecule is CCCn1c(=O)c2nc(-c3ccc(OCC(=O)O)cc3)n(CC(=O)NCCN(CC)Cc3ccc(O)cc3)c2n(CCC)c1=O. The van der Waals surface area contributed by atoms with Crippen LogP contribution in [-0.2, 0) is 35.8 Å². The summed E-state index contributed by atoms with van der Waals surface area (Å²) in [5.74, 6) is -0.556. The number of likely N-dealkylation sites (N-methyl/N-ethyl adjacent to an activating group) is 1. The molecule has 0 aliphatic heterocycles. The van der Waals surface area contributed by atoms with Crippen LogP contribution in [0.15, 0.2) is 58.1 Å². The average molecular weight is 621 g/mol. The summed E-state index contributed by atoms with van der Waals surface area (Å²) in [5, 5.41) is 21.4. The molecule has 0 radical (unpaired) electrons. The van der Waals surface area contributed by atoms with Crippen molar-refractivity contribution in [3.8, 4) is 22.9 Å². The van der Waals surface area contributed by atoms with Gasteiger partial charge in [-0.2, -0.15) is 0 Å². The van der Waals surface area contributed by atoms with Crippen LogP contribution in [0.1, 0.15) is 39.2 Å². The number of carbonyl (C=O) groups excluding carboxylic acids is 1. The van der Waals surface area contributed by atoms with E-state index in [2.05, 4.69) is 15.2 Å². The minimum atomic E-state index is -1.11. The molecular formula is C32H40N6O7. The zero-order valence-electron chi connectivity index (χ0n) is 25.9. The lowest BCUT2D eigenvalue weighted by Crippen LogP contribution is -2.41. The highest BCUT2D eigenvalue weighted by Gasteiger charge is 2.23. The molecule has 0 saturated heterocycles. The van der Waals surface area contributed by atoms with E-state index in [0.717, 1.165) is 12.1 Å². The van der Waals surface area contributed by atoms with Crippen molar-refractivity contribution < 1.29 is 24.5 Å². The lowest BCUT2D eigenvalue weighted by molar-refractivity contribution is -0.139. The molecule has 0 saturated carbocycles. The smallest absolute Gasteiger partial charge is 0.341 e. The largest absolute Gasteiger partial charge is 0.508 e. The summed E-state index contributed by atoms with van der Waals surface area (Å²) in [4.78, 5) is 58.1. The van der Waals surface area contributed by atoms with Gasteiger partial charge in [-0.3, -0.25) is 23.6 Å². The molecule has 2 aromatic heterocycles. The number of aromatic nitrogens is 4. The van der Waals surface area contributed by atoms with E-state index in [1.54, 1.807) is 41.0 Å². The molecule has 0 aliphatic carbocycles. The van der Waals surface area contributed by atoms with Gasteiger partial charge in [0.1, 0.15) is 23.9 Å². The first-order valence-electron chi connectivity index (χ1n) is 15.1. The molecule has 13 nitrogen and oxygen atoms in total. The molecule has 0 aliphatic rings. The highest BCUT2D eigenvalue weighted by molar-refractivity contribution is 5.82. The number of carbonyl (C=O) groups is 2. The Hall–Kier alpha value is -4.91. The van der Waals surface area contributed by atoms with Crippen molar-refractivity contribution in [1.82, 2.24) is 28.9 Å². The molecule has 13 heteroatoms. The lowest BCUT2D eigenvalue weighted by atomic mass is 10.2. The average Bonchev–Trinajstić information content (AvgIpc) is 3.39. The predicted molar refractivity (Wildman–Crippen MR) is 169 cm³/mol. The Bertz CT molecular complexity index is 1740. The van der Waals surface area contributed by atoms with Crippen molar-refractivity contribution in [2.45, 2.75) is 59.8 Å². The van der Waals surface area contributed by atoms with E-state index in [9.17, 15) is 24.3 Å². The topological polar surface area (TPSA) is 161 Å². The number of hydrogen-bond donors (Lipinski definition) is 3. The number of rotatable bonds is 16. The van der Waals surface area contributed by atoms with E-state index in [1.807, 2.05) is 32.9 Å². The summed E-state index contributed by atoms with van der Waals surface area (Å²) in [6.45, 7) is 8.09. The first-order valence-corrected chi connectivity index (χ1v) is 15.1.